The predicted molar refractivity (Wildman–Crippen MR) is 28.6 cm³/mol. The van der Waals surface area contributed by atoms with E-state index >= 15 is 0 Å². The van der Waals surface area contributed by atoms with E-state index in [1.54, 1.807) is 5.01 Å². The second-order valence-corrected chi connectivity index (χ2v) is 1.49. The zero-order valence-electron chi connectivity index (χ0n) is 4.35. The Labute approximate surface area is 52.9 Å². The van der Waals surface area contributed by atoms with Gasteiger partial charge in [0.2, 0.25) is 0 Å². The van der Waals surface area contributed by atoms with Crippen molar-refractivity contribution >= 4 is 0 Å². The van der Waals surface area contributed by atoms with Crippen LogP contribution in [0.5, 0.6) is 0 Å². The van der Waals surface area contributed by atoms with Gasteiger partial charge in [-0.25, -0.2) is 0 Å². The summed E-state index contributed by atoms with van der Waals surface area (Å²) in [6.45, 7) is 2.10. The van der Waals surface area contributed by atoms with E-state index in [0.29, 0.717) is 0 Å². The second-order valence-electron chi connectivity index (χ2n) is 1.14. The topological polar surface area (TPSA) is 0 Å². The van der Waals surface area contributed by atoms with Crippen molar-refractivity contribution in [1.82, 2.24) is 0 Å². The molecule has 0 unspecified atom stereocenters. The van der Waals surface area contributed by atoms with Crippen LogP contribution in [0.2, 0.25) is 0 Å². The van der Waals surface area contributed by atoms with Gasteiger partial charge >= 0.3 is 52.3 Å². The van der Waals surface area contributed by atoms with Gasteiger partial charge in [-0.2, -0.15) is 0 Å². The van der Waals surface area contributed by atoms with Crippen molar-refractivity contribution in [2.24, 2.45) is 0 Å². The molecule has 0 aromatic rings. The first-order valence-electron chi connectivity index (χ1n) is 2.31. The summed E-state index contributed by atoms with van der Waals surface area (Å²) in [6, 6.07) is 0. The van der Waals surface area contributed by atoms with E-state index in [4.69, 9.17) is 0 Å². The quantitative estimate of drug-likeness (QED) is 0.514. The maximum absolute atomic E-state index is 3.90. The molecular weight excluding hydrogens is 131 g/mol. The molecule has 0 aromatic heterocycles. The third kappa shape index (κ3) is 5.99. The second kappa shape index (κ2) is 5.99. The van der Waals surface area contributed by atoms with Crippen molar-refractivity contribution in [1.29, 1.82) is 0 Å². The molecule has 0 fully saturated rings. The van der Waals surface area contributed by atoms with E-state index in [-0.39, 0.29) is 0 Å². The summed E-state index contributed by atoms with van der Waals surface area (Å²) in [5, 5.41) is 1.71. The molecule has 0 spiro atoms. The molecule has 1 heteroatoms. The number of rotatable bonds is 2. The third-order valence-electron chi connectivity index (χ3n) is 0.547. The predicted octanol–water partition coefficient (Wildman–Crippen LogP) is 2.01. The molecule has 0 saturated carbocycles. The van der Waals surface area contributed by atoms with Crippen molar-refractivity contribution in [3.8, 4) is 0 Å². The molecule has 0 radical (unpaired) electrons. The van der Waals surface area contributed by atoms with Crippen LogP contribution in [0.1, 0.15) is 13.3 Å². The minimum absolute atomic E-state index is 1.09. The molecule has 0 nitrogen and oxygen atoms in total. The molecule has 0 amide bonds. The van der Waals surface area contributed by atoms with E-state index in [1.807, 2.05) is 12.2 Å². The van der Waals surface area contributed by atoms with Crippen LogP contribution in [0.15, 0.2) is 23.2 Å². The molecular formula is C6H9Co. The molecule has 0 atom stereocenters. The van der Waals surface area contributed by atoms with Crippen molar-refractivity contribution in [2.75, 3.05) is 0 Å². The van der Waals surface area contributed by atoms with Gasteiger partial charge in [-0.1, -0.05) is 0 Å². The van der Waals surface area contributed by atoms with Crippen LogP contribution in [-0.4, -0.2) is 0 Å². The molecule has 0 saturated heterocycles. The molecule has 0 aromatic carbocycles. The zero-order valence-corrected chi connectivity index (χ0v) is 5.39. The standard InChI is InChI=1S/C6H9.Co/c1-3-5-6-4-2;/h1,3,5-6H,4H2,2H3;/b3-1?,6-5+;. The van der Waals surface area contributed by atoms with Crippen molar-refractivity contribution in [3.63, 3.8) is 0 Å². The van der Waals surface area contributed by atoms with Crippen LogP contribution in [-0.2, 0) is 15.7 Å². The molecule has 0 heterocycles. The number of hydrogen-bond donors (Lipinski definition) is 0. The van der Waals surface area contributed by atoms with Crippen LogP contribution in [0.3, 0.4) is 0 Å². The van der Waals surface area contributed by atoms with E-state index in [0.717, 1.165) is 6.42 Å². The Morgan fingerprint density at radius 1 is 1.43 bits per heavy atom. The van der Waals surface area contributed by atoms with Crippen LogP contribution in [0, 0.1) is 0 Å². The molecule has 0 aliphatic carbocycles. The van der Waals surface area contributed by atoms with Gasteiger partial charge in [-0.05, 0) is 0 Å². The van der Waals surface area contributed by atoms with Gasteiger partial charge < -0.3 is 0 Å². The average molecular weight is 140 g/mol. The van der Waals surface area contributed by atoms with Crippen LogP contribution >= 0.6 is 0 Å². The molecule has 0 N–H and O–H groups in total. The van der Waals surface area contributed by atoms with Gasteiger partial charge in [-0.15, -0.1) is 0 Å². The van der Waals surface area contributed by atoms with Gasteiger partial charge in [0.15, 0.2) is 0 Å². The summed E-state index contributed by atoms with van der Waals surface area (Å²) in [5.41, 5.74) is 0. The summed E-state index contributed by atoms with van der Waals surface area (Å²) in [4.78, 5) is 0. The normalized spacial score (nSPS) is 11.9. The fourth-order valence-electron chi connectivity index (χ4n) is 0.252. The molecule has 0 aliphatic rings. The number of allylic oxidation sites excluding steroid dienone is 3. The average Bonchev–Trinajstić information content (AvgIpc) is 1.69. The SMILES string of the molecule is CC/C=C/C=[CH]/[Co]. The van der Waals surface area contributed by atoms with Gasteiger partial charge in [0.05, 0.1) is 0 Å². The zero-order chi connectivity index (χ0) is 5.54. The monoisotopic (exact) mass is 140 g/mol. The third-order valence-corrected chi connectivity index (χ3v) is 0.747. The fourth-order valence-corrected chi connectivity index (χ4v) is 0.367. The Hall–Kier alpha value is -0.0135. The fraction of sp³-hybridized carbons (Fsp3) is 0.333. The molecule has 0 rings (SSSR count). The maximum atomic E-state index is 3.90. The van der Waals surface area contributed by atoms with E-state index in [1.165, 1.54) is 0 Å². The summed E-state index contributed by atoms with van der Waals surface area (Å²) in [5.74, 6) is 0. The molecule has 0 aliphatic heterocycles. The van der Waals surface area contributed by atoms with Gasteiger partial charge in [0.25, 0.3) is 0 Å². The van der Waals surface area contributed by atoms with Crippen LogP contribution in [0.4, 0.5) is 0 Å². The summed E-state index contributed by atoms with van der Waals surface area (Å²) < 4.78 is 0. The van der Waals surface area contributed by atoms with Crippen molar-refractivity contribution in [3.05, 3.63) is 23.2 Å². The Balaban J connectivity index is 3.09. The first-order valence-corrected chi connectivity index (χ1v) is 2.91. The Morgan fingerprint density at radius 3 is 2.57 bits per heavy atom. The minimum atomic E-state index is 1.09. The Bertz CT molecular complexity index is 72.2. The summed E-state index contributed by atoms with van der Waals surface area (Å²) >= 11 is 3.90. The Morgan fingerprint density at radius 2 is 2.14 bits per heavy atom. The molecule has 0 bridgehead atoms. The van der Waals surface area contributed by atoms with E-state index in [9.17, 15) is 0 Å². The first-order chi connectivity index (χ1) is 3.41. The van der Waals surface area contributed by atoms with Gasteiger partial charge in [0.1, 0.15) is 0 Å². The molecule has 42 valence electrons. The first kappa shape index (κ1) is 6.99. The van der Waals surface area contributed by atoms with Crippen molar-refractivity contribution in [2.45, 2.75) is 13.3 Å². The summed E-state index contributed by atoms with van der Waals surface area (Å²) in [7, 11) is 0. The molecule has 7 heavy (non-hydrogen) atoms. The van der Waals surface area contributed by atoms with E-state index < -0.39 is 0 Å². The van der Waals surface area contributed by atoms with Gasteiger partial charge in [-0.3, -0.25) is 0 Å². The van der Waals surface area contributed by atoms with Crippen molar-refractivity contribution < 1.29 is 15.7 Å². The Kier molecular flexibility index (Phi) is 5.97. The summed E-state index contributed by atoms with van der Waals surface area (Å²) in [6.07, 6.45) is 7.04. The van der Waals surface area contributed by atoms with Crippen LogP contribution < -0.4 is 0 Å². The number of hydrogen-bond acceptors (Lipinski definition) is 0. The van der Waals surface area contributed by atoms with Gasteiger partial charge in [0, 0.05) is 0 Å². The van der Waals surface area contributed by atoms with E-state index in [2.05, 4.69) is 28.7 Å². The van der Waals surface area contributed by atoms with Crippen LogP contribution in [0.25, 0.3) is 0 Å².